The van der Waals surface area contributed by atoms with Crippen LogP contribution in [0.5, 0.6) is 0 Å². The van der Waals surface area contributed by atoms with Gasteiger partial charge in [0.2, 0.25) is 11.8 Å². The Morgan fingerprint density at radius 1 is 0.880 bits per heavy atom. The number of carbonyl (C=O) groups is 2. The molecule has 0 rings (SSSR count). The summed E-state index contributed by atoms with van der Waals surface area (Å²) < 4.78 is 15.8. The Kier molecular flexibility index (Phi) is 14.3. The summed E-state index contributed by atoms with van der Waals surface area (Å²) in [6.07, 6.45) is 0. The first-order valence-electron chi connectivity index (χ1n) is 8.67. The van der Waals surface area contributed by atoms with Gasteiger partial charge in [0.25, 0.3) is 0 Å². The topological polar surface area (TPSA) is 138 Å². The molecule has 148 valence electrons. The van der Waals surface area contributed by atoms with Crippen molar-refractivity contribution in [3.05, 3.63) is 0 Å². The summed E-state index contributed by atoms with van der Waals surface area (Å²) in [6.45, 7) is 8.94. The number of nitrogens with one attached hydrogen (secondary N) is 2. The smallest absolute Gasteiger partial charge is 0.242 e. The van der Waals surface area contributed by atoms with Crippen LogP contribution < -0.4 is 22.1 Å². The maximum absolute atomic E-state index is 12.1. The second-order valence-corrected chi connectivity index (χ2v) is 5.94. The normalized spacial score (nSPS) is 13.5. The highest BCUT2D eigenvalue weighted by atomic mass is 16.5. The van der Waals surface area contributed by atoms with Crippen LogP contribution in [0.2, 0.25) is 0 Å². The van der Waals surface area contributed by atoms with E-state index in [-0.39, 0.29) is 17.7 Å². The fraction of sp³-hybridized carbons (Fsp3) is 0.875. The van der Waals surface area contributed by atoms with Gasteiger partial charge < -0.3 is 36.3 Å². The molecule has 0 aliphatic heterocycles. The second kappa shape index (κ2) is 15.0. The summed E-state index contributed by atoms with van der Waals surface area (Å²) in [5.74, 6) is -0.642. The van der Waals surface area contributed by atoms with Gasteiger partial charge in [-0.3, -0.25) is 9.59 Å². The monoisotopic (exact) mass is 362 g/mol. The van der Waals surface area contributed by atoms with E-state index in [1.54, 1.807) is 6.92 Å². The zero-order chi connectivity index (χ0) is 19.1. The minimum atomic E-state index is -0.655. The Hall–Kier alpha value is -1.26. The summed E-state index contributed by atoms with van der Waals surface area (Å²) in [5, 5.41) is 5.39. The van der Waals surface area contributed by atoms with E-state index >= 15 is 0 Å². The third-order valence-electron chi connectivity index (χ3n) is 3.21. The van der Waals surface area contributed by atoms with Crippen molar-refractivity contribution < 1.29 is 23.8 Å². The van der Waals surface area contributed by atoms with E-state index in [1.807, 2.05) is 13.8 Å². The molecule has 0 bridgehead atoms. The van der Waals surface area contributed by atoms with Gasteiger partial charge in [-0.25, -0.2) is 0 Å². The van der Waals surface area contributed by atoms with Crippen molar-refractivity contribution in [2.45, 2.75) is 32.9 Å². The van der Waals surface area contributed by atoms with E-state index in [2.05, 4.69) is 10.6 Å². The third kappa shape index (κ3) is 12.7. The van der Waals surface area contributed by atoms with Gasteiger partial charge in [0.1, 0.15) is 6.04 Å². The van der Waals surface area contributed by atoms with Gasteiger partial charge in [-0.05, 0) is 12.8 Å². The number of hydrogen-bond donors (Lipinski definition) is 4. The van der Waals surface area contributed by atoms with Gasteiger partial charge in [0.15, 0.2) is 0 Å². The first kappa shape index (κ1) is 23.7. The van der Waals surface area contributed by atoms with Crippen LogP contribution in [0.3, 0.4) is 0 Å². The van der Waals surface area contributed by atoms with Crippen molar-refractivity contribution in [2.24, 2.45) is 17.4 Å². The Labute approximate surface area is 150 Å². The molecule has 0 spiro atoms. The van der Waals surface area contributed by atoms with E-state index in [9.17, 15) is 9.59 Å². The lowest BCUT2D eigenvalue weighted by Crippen LogP contribution is -2.53. The first-order chi connectivity index (χ1) is 11.9. The van der Waals surface area contributed by atoms with Crippen LogP contribution in [0.15, 0.2) is 0 Å². The molecule has 0 aliphatic carbocycles. The molecule has 25 heavy (non-hydrogen) atoms. The molecular formula is C16H34N4O5. The molecule has 1 unspecified atom stereocenters. The summed E-state index contributed by atoms with van der Waals surface area (Å²) >= 11 is 0. The van der Waals surface area contributed by atoms with E-state index in [4.69, 9.17) is 25.7 Å². The van der Waals surface area contributed by atoms with Crippen LogP contribution in [0, 0.1) is 5.92 Å². The summed E-state index contributed by atoms with van der Waals surface area (Å²) in [4.78, 5) is 23.8. The second-order valence-electron chi connectivity index (χ2n) is 5.94. The minimum Gasteiger partial charge on any atom is -0.378 e. The predicted molar refractivity (Wildman–Crippen MR) is 94.9 cm³/mol. The fourth-order valence-electron chi connectivity index (χ4n) is 1.80. The standard InChI is InChI=1S/C16H34N4O5/c1-12(2)14(20-15(21)13(3)18)16(22)19-5-7-24-9-11-25-10-8-23-6-4-17/h12-14H,4-11,17-18H2,1-3H3,(H,19,22)(H,20,21)/t13?,14-/m1/s1. The molecule has 2 atom stereocenters. The van der Waals surface area contributed by atoms with Gasteiger partial charge >= 0.3 is 0 Å². The van der Waals surface area contributed by atoms with Crippen LogP contribution in [0.4, 0.5) is 0 Å². The Balaban J connectivity index is 3.74. The molecule has 0 heterocycles. The largest absolute Gasteiger partial charge is 0.378 e. The minimum absolute atomic E-state index is 0.0430. The van der Waals surface area contributed by atoms with E-state index in [1.165, 1.54) is 0 Å². The maximum atomic E-state index is 12.1. The molecule has 0 aromatic carbocycles. The number of rotatable bonds is 15. The molecule has 0 radical (unpaired) electrons. The molecule has 0 saturated heterocycles. The van der Waals surface area contributed by atoms with Gasteiger partial charge in [0.05, 0.1) is 45.7 Å². The van der Waals surface area contributed by atoms with Crippen LogP contribution in [-0.2, 0) is 23.8 Å². The predicted octanol–water partition coefficient (Wildman–Crippen LogP) is -1.40. The van der Waals surface area contributed by atoms with Crippen LogP contribution in [-0.4, -0.2) is 76.6 Å². The van der Waals surface area contributed by atoms with Crippen molar-refractivity contribution in [3.63, 3.8) is 0 Å². The molecule has 9 heteroatoms. The maximum Gasteiger partial charge on any atom is 0.242 e. The number of amides is 2. The molecule has 0 aliphatic rings. The lowest BCUT2D eigenvalue weighted by molar-refractivity contribution is -0.130. The van der Waals surface area contributed by atoms with Crippen LogP contribution >= 0.6 is 0 Å². The molecule has 0 fully saturated rings. The zero-order valence-corrected chi connectivity index (χ0v) is 15.6. The molecule has 0 aromatic rings. The Morgan fingerprint density at radius 3 is 1.88 bits per heavy atom. The third-order valence-corrected chi connectivity index (χ3v) is 3.21. The molecule has 9 nitrogen and oxygen atoms in total. The molecular weight excluding hydrogens is 328 g/mol. The summed E-state index contributed by atoms with van der Waals surface area (Å²) in [5.41, 5.74) is 10.8. The zero-order valence-electron chi connectivity index (χ0n) is 15.6. The Bertz CT molecular complexity index is 366. The number of ether oxygens (including phenoxy) is 3. The number of carbonyl (C=O) groups excluding carboxylic acids is 2. The number of nitrogens with two attached hydrogens (primary N) is 2. The van der Waals surface area contributed by atoms with Crippen molar-refractivity contribution in [1.82, 2.24) is 10.6 Å². The molecule has 2 amide bonds. The number of hydrogen-bond acceptors (Lipinski definition) is 7. The van der Waals surface area contributed by atoms with Crippen molar-refractivity contribution in [2.75, 3.05) is 52.7 Å². The van der Waals surface area contributed by atoms with E-state index in [0.29, 0.717) is 52.7 Å². The fourth-order valence-corrected chi connectivity index (χ4v) is 1.80. The highest BCUT2D eigenvalue weighted by Crippen LogP contribution is 2.02. The summed E-state index contributed by atoms with van der Waals surface area (Å²) in [7, 11) is 0. The SMILES string of the molecule is CC(N)C(=O)N[C@@H](C(=O)NCCOCCOCCOCCN)C(C)C. The van der Waals surface area contributed by atoms with Gasteiger partial charge in [-0.2, -0.15) is 0 Å². The lowest BCUT2D eigenvalue weighted by Gasteiger charge is -2.22. The van der Waals surface area contributed by atoms with Gasteiger partial charge in [-0.15, -0.1) is 0 Å². The highest BCUT2D eigenvalue weighted by molar-refractivity contribution is 5.89. The average Bonchev–Trinajstić information content (AvgIpc) is 2.56. The van der Waals surface area contributed by atoms with Crippen molar-refractivity contribution >= 4 is 11.8 Å². The van der Waals surface area contributed by atoms with Gasteiger partial charge in [0, 0.05) is 13.1 Å². The van der Waals surface area contributed by atoms with Crippen molar-refractivity contribution in [1.29, 1.82) is 0 Å². The van der Waals surface area contributed by atoms with Crippen LogP contribution in [0.1, 0.15) is 20.8 Å². The van der Waals surface area contributed by atoms with E-state index in [0.717, 1.165) is 0 Å². The van der Waals surface area contributed by atoms with Gasteiger partial charge in [-0.1, -0.05) is 13.8 Å². The average molecular weight is 362 g/mol. The quantitative estimate of drug-likeness (QED) is 0.263. The lowest BCUT2D eigenvalue weighted by atomic mass is 10.0. The Morgan fingerprint density at radius 2 is 1.40 bits per heavy atom. The molecule has 6 N–H and O–H groups in total. The van der Waals surface area contributed by atoms with Crippen LogP contribution in [0.25, 0.3) is 0 Å². The highest BCUT2D eigenvalue weighted by Gasteiger charge is 2.24. The van der Waals surface area contributed by atoms with E-state index < -0.39 is 12.1 Å². The summed E-state index contributed by atoms with van der Waals surface area (Å²) in [6, 6.07) is -1.27. The molecule has 0 aromatic heterocycles. The van der Waals surface area contributed by atoms with Crippen molar-refractivity contribution in [3.8, 4) is 0 Å². The molecule has 0 saturated carbocycles. The first-order valence-corrected chi connectivity index (χ1v) is 8.67.